The van der Waals surface area contributed by atoms with E-state index in [9.17, 15) is 5.11 Å². The molecule has 0 aliphatic carbocycles. The SMILES string of the molecule is CC(C)(CN)C(O)c1ccc(Cl)s1. The third kappa shape index (κ3) is 2.44. The maximum absolute atomic E-state index is 9.93. The van der Waals surface area contributed by atoms with E-state index in [0.29, 0.717) is 10.9 Å². The molecule has 13 heavy (non-hydrogen) atoms. The predicted octanol–water partition coefficient (Wildman–Crippen LogP) is 2.42. The van der Waals surface area contributed by atoms with Crippen LogP contribution in [0.4, 0.5) is 0 Å². The number of halogens is 1. The highest BCUT2D eigenvalue weighted by atomic mass is 35.5. The van der Waals surface area contributed by atoms with E-state index in [0.717, 1.165) is 4.88 Å². The summed E-state index contributed by atoms with van der Waals surface area (Å²) in [6, 6.07) is 3.63. The van der Waals surface area contributed by atoms with Gasteiger partial charge in [0.15, 0.2) is 0 Å². The number of nitrogens with two attached hydrogens (primary N) is 1. The van der Waals surface area contributed by atoms with Crippen molar-refractivity contribution in [1.82, 2.24) is 0 Å². The van der Waals surface area contributed by atoms with Crippen LogP contribution >= 0.6 is 22.9 Å². The second-order valence-electron chi connectivity index (χ2n) is 3.74. The Labute approximate surface area is 87.3 Å². The lowest BCUT2D eigenvalue weighted by Crippen LogP contribution is -2.30. The number of thiophene rings is 1. The first-order valence-corrected chi connectivity index (χ1v) is 5.30. The van der Waals surface area contributed by atoms with Gasteiger partial charge in [-0.25, -0.2) is 0 Å². The molecule has 3 N–H and O–H groups in total. The molecule has 0 amide bonds. The van der Waals surface area contributed by atoms with Crippen molar-refractivity contribution in [2.45, 2.75) is 20.0 Å². The van der Waals surface area contributed by atoms with Gasteiger partial charge in [0.25, 0.3) is 0 Å². The molecule has 74 valence electrons. The Morgan fingerprint density at radius 3 is 2.62 bits per heavy atom. The molecule has 2 nitrogen and oxygen atoms in total. The summed E-state index contributed by atoms with van der Waals surface area (Å²) < 4.78 is 0.696. The summed E-state index contributed by atoms with van der Waals surface area (Å²) in [5.41, 5.74) is 5.27. The molecule has 0 radical (unpaired) electrons. The van der Waals surface area contributed by atoms with Gasteiger partial charge in [0, 0.05) is 16.8 Å². The lowest BCUT2D eigenvalue weighted by Gasteiger charge is -2.27. The summed E-state index contributed by atoms with van der Waals surface area (Å²) in [6.07, 6.45) is -0.532. The summed E-state index contributed by atoms with van der Waals surface area (Å²) in [7, 11) is 0. The van der Waals surface area contributed by atoms with Crippen LogP contribution in [0.2, 0.25) is 4.34 Å². The fourth-order valence-electron chi connectivity index (χ4n) is 0.972. The van der Waals surface area contributed by atoms with Crippen molar-refractivity contribution in [3.05, 3.63) is 21.3 Å². The molecule has 0 aromatic carbocycles. The summed E-state index contributed by atoms with van der Waals surface area (Å²) in [5, 5.41) is 9.93. The molecular formula is C9H14ClNOS. The second kappa shape index (κ2) is 3.96. The smallest absolute Gasteiger partial charge is 0.0945 e. The molecule has 0 aliphatic rings. The Morgan fingerprint density at radius 1 is 1.62 bits per heavy atom. The highest BCUT2D eigenvalue weighted by Crippen LogP contribution is 2.37. The maximum Gasteiger partial charge on any atom is 0.0945 e. The van der Waals surface area contributed by atoms with Crippen molar-refractivity contribution in [3.8, 4) is 0 Å². The van der Waals surface area contributed by atoms with Gasteiger partial charge >= 0.3 is 0 Å². The van der Waals surface area contributed by atoms with Crippen molar-refractivity contribution in [2.24, 2.45) is 11.1 Å². The van der Waals surface area contributed by atoms with E-state index in [4.69, 9.17) is 17.3 Å². The van der Waals surface area contributed by atoms with Gasteiger partial charge in [-0.3, -0.25) is 0 Å². The quantitative estimate of drug-likeness (QED) is 0.820. The lowest BCUT2D eigenvalue weighted by molar-refractivity contribution is 0.0586. The van der Waals surface area contributed by atoms with Crippen LogP contribution < -0.4 is 5.73 Å². The lowest BCUT2D eigenvalue weighted by atomic mass is 9.86. The number of hydrogen-bond acceptors (Lipinski definition) is 3. The molecule has 0 fully saturated rings. The average molecular weight is 220 g/mol. The van der Waals surface area contributed by atoms with Crippen molar-refractivity contribution in [1.29, 1.82) is 0 Å². The molecule has 4 heteroatoms. The van der Waals surface area contributed by atoms with Crippen LogP contribution in [0.25, 0.3) is 0 Å². The fourth-order valence-corrected chi connectivity index (χ4v) is 2.23. The third-order valence-electron chi connectivity index (χ3n) is 2.13. The van der Waals surface area contributed by atoms with Gasteiger partial charge in [0.2, 0.25) is 0 Å². The van der Waals surface area contributed by atoms with Crippen molar-refractivity contribution in [3.63, 3.8) is 0 Å². The van der Waals surface area contributed by atoms with Crippen LogP contribution in [0.1, 0.15) is 24.8 Å². The maximum atomic E-state index is 9.93. The molecule has 0 bridgehead atoms. The Kier molecular flexibility index (Phi) is 3.35. The molecular weight excluding hydrogens is 206 g/mol. The van der Waals surface area contributed by atoms with Crippen molar-refractivity contribution < 1.29 is 5.11 Å². The minimum Gasteiger partial charge on any atom is -0.387 e. The topological polar surface area (TPSA) is 46.2 Å². The van der Waals surface area contributed by atoms with E-state index in [2.05, 4.69) is 0 Å². The van der Waals surface area contributed by atoms with Crippen LogP contribution in [0.15, 0.2) is 12.1 Å². The summed E-state index contributed by atoms with van der Waals surface area (Å²) in [4.78, 5) is 0.875. The first-order valence-electron chi connectivity index (χ1n) is 4.11. The third-order valence-corrected chi connectivity index (χ3v) is 3.41. The zero-order valence-corrected chi connectivity index (χ0v) is 9.32. The highest BCUT2D eigenvalue weighted by molar-refractivity contribution is 7.16. The molecule has 1 aromatic heterocycles. The molecule has 1 rings (SSSR count). The van der Waals surface area contributed by atoms with Gasteiger partial charge in [-0.15, -0.1) is 11.3 Å². The first-order chi connectivity index (χ1) is 5.97. The Balaban J connectivity index is 2.84. The summed E-state index contributed by atoms with van der Waals surface area (Å²) in [5.74, 6) is 0. The fraction of sp³-hybridized carbons (Fsp3) is 0.556. The number of aliphatic hydroxyl groups excluding tert-OH is 1. The van der Waals surface area contributed by atoms with Crippen LogP contribution in [0.3, 0.4) is 0 Å². The predicted molar refractivity (Wildman–Crippen MR) is 57.1 cm³/mol. The number of rotatable bonds is 3. The normalized spacial score (nSPS) is 14.5. The zero-order valence-electron chi connectivity index (χ0n) is 7.75. The molecule has 1 unspecified atom stereocenters. The molecule has 1 heterocycles. The monoisotopic (exact) mass is 219 g/mol. The molecule has 0 aliphatic heterocycles. The van der Waals surface area contributed by atoms with E-state index in [1.807, 2.05) is 19.9 Å². The van der Waals surface area contributed by atoms with E-state index in [1.54, 1.807) is 6.07 Å². The summed E-state index contributed by atoms with van der Waals surface area (Å²) in [6.45, 7) is 4.32. The van der Waals surface area contributed by atoms with Crippen LogP contribution in [0, 0.1) is 5.41 Å². The van der Waals surface area contributed by atoms with Crippen LogP contribution in [-0.4, -0.2) is 11.7 Å². The Bertz CT molecular complexity index is 285. The molecule has 1 atom stereocenters. The molecule has 0 saturated carbocycles. The van der Waals surface area contributed by atoms with E-state index < -0.39 is 6.10 Å². The van der Waals surface area contributed by atoms with Crippen molar-refractivity contribution in [2.75, 3.05) is 6.54 Å². The number of aliphatic hydroxyl groups is 1. The standard InChI is InChI=1S/C9H14ClNOS/c1-9(2,5-11)8(12)6-3-4-7(10)13-6/h3-4,8,12H,5,11H2,1-2H3. The van der Waals surface area contributed by atoms with Gasteiger partial charge < -0.3 is 10.8 Å². The minimum atomic E-state index is -0.532. The summed E-state index contributed by atoms with van der Waals surface area (Å²) >= 11 is 7.17. The van der Waals surface area contributed by atoms with Crippen LogP contribution in [0.5, 0.6) is 0 Å². The Hall–Kier alpha value is -0.0900. The second-order valence-corrected chi connectivity index (χ2v) is 5.48. The molecule has 0 spiro atoms. The van der Waals surface area contributed by atoms with Crippen molar-refractivity contribution >= 4 is 22.9 Å². The molecule has 0 saturated heterocycles. The van der Waals surface area contributed by atoms with E-state index >= 15 is 0 Å². The van der Waals surface area contributed by atoms with Gasteiger partial charge in [-0.1, -0.05) is 25.4 Å². The van der Waals surface area contributed by atoms with Gasteiger partial charge in [-0.05, 0) is 12.1 Å². The minimum absolute atomic E-state index is 0.297. The highest BCUT2D eigenvalue weighted by Gasteiger charge is 2.28. The zero-order chi connectivity index (χ0) is 10.1. The first kappa shape index (κ1) is 11.0. The largest absolute Gasteiger partial charge is 0.387 e. The van der Waals surface area contributed by atoms with E-state index in [1.165, 1.54) is 11.3 Å². The van der Waals surface area contributed by atoms with Crippen LogP contribution in [-0.2, 0) is 0 Å². The van der Waals surface area contributed by atoms with Gasteiger partial charge in [-0.2, -0.15) is 0 Å². The number of hydrogen-bond donors (Lipinski definition) is 2. The van der Waals surface area contributed by atoms with E-state index in [-0.39, 0.29) is 5.41 Å². The molecule has 1 aromatic rings. The van der Waals surface area contributed by atoms with Gasteiger partial charge in [0.1, 0.15) is 0 Å². The Morgan fingerprint density at radius 2 is 2.23 bits per heavy atom. The average Bonchev–Trinajstić information content (AvgIpc) is 2.50. The van der Waals surface area contributed by atoms with Gasteiger partial charge in [0.05, 0.1) is 10.4 Å².